The molecule has 1 N–H and O–H groups in total. The first-order valence-corrected chi connectivity index (χ1v) is 6.71. The largest absolute Gasteiger partial charge is 0.476 e. The van der Waals surface area contributed by atoms with E-state index in [1.165, 1.54) is 35.0 Å². The second-order valence-electron chi connectivity index (χ2n) is 4.96. The summed E-state index contributed by atoms with van der Waals surface area (Å²) in [6.07, 6.45) is 2.98. The van der Waals surface area contributed by atoms with Crippen LogP contribution in [0, 0.1) is 5.82 Å². The van der Waals surface area contributed by atoms with Crippen molar-refractivity contribution in [2.45, 2.75) is 13.2 Å². The lowest BCUT2D eigenvalue weighted by Gasteiger charge is -2.10. The van der Waals surface area contributed by atoms with Crippen molar-refractivity contribution in [2.75, 3.05) is 0 Å². The first kappa shape index (κ1) is 14.8. The number of hydrogen-bond donors (Lipinski definition) is 1. The SMILES string of the molecule is CC1=CC(O/C=C(/C(=O)O)n2ccc3cc(F)ccc32)OC1=O. The van der Waals surface area contributed by atoms with E-state index in [0.717, 1.165) is 6.26 Å². The molecule has 1 aliphatic heterocycles. The van der Waals surface area contributed by atoms with Crippen LogP contribution in [0.2, 0.25) is 0 Å². The van der Waals surface area contributed by atoms with E-state index in [2.05, 4.69) is 0 Å². The molecule has 23 heavy (non-hydrogen) atoms. The fourth-order valence-corrected chi connectivity index (χ4v) is 2.24. The van der Waals surface area contributed by atoms with Crippen LogP contribution in [-0.4, -0.2) is 27.9 Å². The number of cyclic esters (lactones) is 1. The van der Waals surface area contributed by atoms with E-state index < -0.39 is 24.0 Å². The Labute approximate surface area is 130 Å². The van der Waals surface area contributed by atoms with Gasteiger partial charge >= 0.3 is 11.9 Å². The molecule has 7 heteroatoms. The average molecular weight is 317 g/mol. The number of carbonyl (C=O) groups is 2. The van der Waals surface area contributed by atoms with Crippen molar-refractivity contribution < 1.29 is 28.6 Å². The monoisotopic (exact) mass is 317 g/mol. The molecule has 0 saturated heterocycles. The number of rotatable bonds is 4. The zero-order valence-corrected chi connectivity index (χ0v) is 12.0. The van der Waals surface area contributed by atoms with E-state index in [1.807, 2.05) is 0 Å². The number of esters is 1. The fourth-order valence-electron chi connectivity index (χ4n) is 2.24. The Morgan fingerprint density at radius 2 is 2.22 bits per heavy atom. The highest BCUT2D eigenvalue weighted by atomic mass is 19.1. The first-order valence-electron chi connectivity index (χ1n) is 6.71. The molecule has 0 radical (unpaired) electrons. The molecule has 0 bridgehead atoms. The van der Waals surface area contributed by atoms with Gasteiger partial charge in [-0.3, -0.25) is 0 Å². The summed E-state index contributed by atoms with van der Waals surface area (Å²) in [6.45, 7) is 1.57. The molecule has 6 nitrogen and oxygen atoms in total. The molecule has 2 heterocycles. The minimum absolute atomic E-state index is 0.194. The van der Waals surface area contributed by atoms with E-state index in [0.29, 0.717) is 16.5 Å². The van der Waals surface area contributed by atoms with Crippen molar-refractivity contribution in [1.29, 1.82) is 0 Å². The third kappa shape index (κ3) is 2.80. The number of aromatic nitrogens is 1. The van der Waals surface area contributed by atoms with Crippen LogP contribution in [0.4, 0.5) is 4.39 Å². The van der Waals surface area contributed by atoms with Gasteiger partial charge in [0.25, 0.3) is 6.29 Å². The van der Waals surface area contributed by atoms with Gasteiger partial charge in [0.2, 0.25) is 0 Å². The van der Waals surface area contributed by atoms with Crippen LogP contribution in [0.1, 0.15) is 6.92 Å². The summed E-state index contributed by atoms with van der Waals surface area (Å²) in [6, 6.07) is 5.61. The van der Waals surface area contributed by atoms with E-state index >= 15 is 0 Å². The molecule has 0 saturated carbocycles. The normalized spacial score (nSPS) is 18.0. The smallest absolute Gasteiger partial charge is 0.356 e. The third-order valence-corrected chi connectivity index (χ3v) is 3.38. The zero-order valence-electron chi connectivity index (χ0n) is 12.0. The maximum atomic E-state index is 13.2. The zero-order chi connectivity index (χ0) is 16.6. The molecule has 0 fully saturated rings. The molecule has 1 unspecified atom stereocenters. The van der Waals surface area contributed by atoms with Crippen molar-refractivity contribution in [3.05, 3.63) is 54.2 Å². The van der Waals surface area contributed by atoms with Crippen molar-refractivity contribution in [1.82, 2.24) is 4.57 Å². The van der Waals surface area contributed by atoms with Gasteiger partial charge < -0.3 is 19.1 Å². The summed E-state index contributed by atoms with van der Waals surface area (Å²) < 4.78 is 24.6. The molecule has 1 aromatic carbocycles. The summed E-state index contributed by atoms with van der Waals surface area (Å²) in [5.41, 5.74) is 0.710. The maximum absolute atomic E-state index is 13.2. The van der Waals surface area contributed by atoms with E-state index in [1.54, 1.807) is 13.0 Å². The summed E-state index contributed by atoms with van der Waals surface area (Å²) in [4.78, 5) is 22.7. The van der Waals surface area contributed by atoms with Crippen LogP contribution in [0.3, 0.4) is 0 Å². The van der Waals surface area contributed by atoms with Gasteiger partial charge in [-0.2, -0.15) is 0 Å². The lowest BCUT2D eigenvalue weighted by atomic mass is 10.2. The number of aliphatic carboxylic acids is 1. The van der Waals surface area contributed by atoms with E-state index in [-0.39, 0.29) is 5.70 Å². The van der Waals surface area contributed by atoms with Crippen LogP contribution >= 0.6 is 0 Å². The number of nitrogens with zero attached hydrogens (tertiary/aromatic N) is 1. The number of hydrogen-bond acceptors (Lipinski definition) is 4. The number of carboxylic acids is 1. The van der Waals surface area contributed by atoms with Crippen LogP contribution in [0.25, 0.3) is 16.6 Å². The molecule has 2 aromatic rings. The van der Waals surface area contributed by atoms with Crippen LogP contribution in [0.15, 0.2) is 48.4 Å². The maximum Gasteiger partial charge on any atom is 0.356 e. The van der Waals surface area contributed by atoms with Gasteiger partial charge in [-0.1, -0.05) is 0 Å². The Kier molecular flexibility index (Phi) is 3.61. The minimum atomic E-state index is -1.24. The lowest BCUT2D eigenvalue weighted by molar-refractivity contribution is -0.152. The van der Waals surface area contributed by atoms with Gasteiger partial charge in [0.15, 0.2) is 5.70 Å². The number of carbonyl (C=O) groups excluding carboxylic acids is 1. The summed E-state index contributed by atoms with van der Waals surface area (Å²) in [7, 11) is 0. The lowest BCUT2D eigenvalue weighted by Crippen LogP contribution is -2.12. The van der Waals surface area contributed by atoms with Crippen molar-refractivity contribution in [3.8, 4) is 0 Å². The Morgan fingerprint density at radius 3 is 2.87 bits per heavy atom. The quantitative estimate of drug-likeness (QED) is 0.532. The van der Waals surface area contributed by atoms with Gasteiger partial charge in [0, 0.05) is 23.2 Å². The number of benzene rings is 1. The summed E-state index contributed by atoms with van der Waals surface area (Å²) >= 11 is 0. The molecule has 1 aliphatic rings. The number of carboxylic acid groups (broad SMARTS) is 1. The highest BCUT2D eigenvalue weighted by Crippen LogP contribution is 2.22. The molecular weight excluding hydrogens is 305 g/mol. The number of ether oxygens (including phenoxy) is 2. The molecule has 118 valence electrons. The van der Waals surface area contributed by atoms with Crippen molar-refractivity contribution in [2.24, 2.45) is 0 Å². The molecule has 0 amide bonds. The van der Waals surface area contributed by atoms with Gasteiger partial charge in [-0.05, 0) is 31.2 Å². The molecule has 0 aliphatic carbocycles. The minimum Gasteiger partial charge on any atom is -0.476 e. The van der Waals surface area contributed by atoms with Gasteiger partial charge in [0.05, 0.1) is 5.52 Å². The fraction of sp³-hybridized carbons (Fsp3) is 0.125. The van der Waals surface area contributed by atoms with Gasteiger partial charge in [-0.15, -0.1) is 0 Å². The number of halogens is 1. The van der Waals surface area contributed by atoms with Crippen LogP contribution < -0.4 is 0 Å². The third-order valence-electron chi connectivity index (χ3n) is 3.38. The van der Waals surface area contributed by atoms with Crippen molar-refractivity contribution >= 4 is 28.5 Å². The Balaban J connectivity index is 1.93. The van der Waals surface area contributed by atoms with Gasteiger partial charge in [-0.25, -0.2) is 14.0 Å². The average Bonchev–Trinajstić information content (AvgIpc) is 3.03. The standard InChI is InChI=1S/C16H12FNO5/c1-9-6-14(23-16(9)21)22-8-13(15(19)20)18-5-4-10-7-11(17)2-3-12(10)18/h2-8,14H,1H3,(H,19,20)/b13-8-. The van der Waals surface area contributed by atoms with Crippen LogP contribution in [-0.2, 0) is 19.1 Å². The van der Waals surface area contributed by atoms with Gasteiger partial charge in [0.1, 0.15) is 12.1 Å². The Hall–Kier alpha value is -3.09. The highest BCUT2D eigenvalue weighted by Gasteiger charge is 2.23. The second kappa shape index (κ2) is 5.60. The number of fused-ring (bicyclic) bond motifs is 1. The molecule has 1 aromatic heterocycles. The van der Waals surface area contributed by atoms with Crippen molar-refractivity contribution in [3.63, 3.8) is 0 Å². The van der Waals surface area contributed by atoms with E-state index in [9.17, 15) is 19.1 Å². The first-order chi connectivity index (χ1) is 11.0. The Morgan fingerprint density at radius 1 is 1.43 bits per heavy atom. The predicted molar refractivity (Wildman–Crippen MR) is 78.5 cm³/mol. The molecule has 0 spiro atoms. The Bertz CT molecular complexity index is 864. The molecule has 1 atom stereocenters. The molecular formula is C16H12FNO5. The van der Waals surface area contributed by atoms with E-state index in [4.69, 9.17) is 9.47 Å². The van der Waals surface area contributed by atoms with Crippen LogP contribution in [0.5, 0.6) is 0 Å². The highest BCUT2D eigenvalue weighted by molar-refractivity contribution is 6.10. The predicted octanol–water partition coefficient (Wildman–Crippen LogP) is 2.51. The summed E-state index contributed by atoms with van der Waals surface area (Å²) in [5.74, 6) is -2.16. The topological polar surface area (TPSA) is 77.8 Å². The molecule has 3 rings (SSSR count). The second-order valence-corrected chi connectivity index (χ2v) is 4.96. The summed E-state index contributed by atoms with van der Waals surface area (Å²) in [5, 5.41) is 9.93.